The van der Waals surface area contributed by atoms with E-state index in [0.29, 0.717) is 11.6 Å². The van der Waals surface area contributed by atoms with Crippen molar-refractivity contribution >= 4 is 11.6 Å². The molecule has 3 N–H and O–H groups in total. The quantitative estimate of drug-likeness (QED) is 0.783. The molecule has 1 aromatic carbocycles. The molecule has 2 rings (SSSR count). The van der Waals surface area contributed by atoms with Gasteiger partial charge in [-0.15, -0.1) is 0 Å². The lowest BCUT2D eigenvalue weighted by Crippen LogP contribution is -2.29. The third-order valence-corrected chi connectivity index (χ3v) is 3.71. The van der Waals surface area contributed by atoms with Crippen molar-refractivity contribution in [1.82, 2.24) is 5.32 Å². The molecule has 1 aliphatic carbocycles. The monoisotopic (exact) mass is 282 g/mol. The first kappa shape index (κ1) is 14.5. The minimum absolute atomic E-state index is 0.0461. The number of nitrogens with two attached hydrogens (primary N) is 1. The van der Waals surface area contributed by atoms with Gasteiger partial charge in [0.25, 0.3) is 0 Å². The van der Waals surface area contributed by atoms with Gasteiger partial charge >= 0.3 is 0 Å². The Morgan fingerprint density at radius 3 is 2.84 bits per heavy atom. The van der Waals surface area contributed by atoms with Gasteiger partial charge in [-0.2, -0.15) is 0 Å². The number of halogens is 2. The van der Waals surface area contributed by atoms with Gasteiger partial charge in [-0.05, 0) is 56.0 Å². The number of nitrogens with one attached hydrogen (secondary N) is 1. The number of hydrogen-bond donors (Lipinski definition) is 2. The Morgan fingerprint density at radius 1 is 1.37 bits per heavy atom. The van der Waals surface area contributed by atoms with Gasteiger partial charge in [0, 0.05) is 17.6 Å². The van der Waals surface area contributed by atoms with E-state index in [9.17, 15) is 4.39 Å². The molecule has 1 atom stereocenters. The van der Waals surface area contributed by atoms with Crippen molar-refractivity contribution in [2.75, 3.05) is 13.1 Å². The number of allylic oxidation sites excluding steroid dienone is 1. The predicted octanol–water partition coefficient (Wildman–Crippen LogP) is 3.57. The zero-order chi connectivity index (χ0) is 13.7. The van der Waals surface area contributed by atoms with Crippen molar-refractivity contribution in [3.63, 3.8) is 0 Å². The summed E-state index contributed by atoms with van der Waals surface area (Å²) in [6, 6.07) is 4.52. The van der Waals surface area contributed by atoms with Gasteiger partial charge in [0.2, 0.25) is 0 Å². The van der Waals surface area contributed by atoms with Gasteiger partial charge < -0.3 is 11.1 Å². The Morgan fingerprint density at radius 2 is 2.21 bits per heavy atom. The van der Waals surface area contributed by atoms with Crippen LogP contribution in [0.2, 0.25) is 5.02 Å². The fraction of sp³-hybridized carbons (Fsp3) is 0.467. The van der Waals surface area contributed by atoms with Crippen molar-refractivity contribution in [3.05, 3.63) is 46.3 Å². The Bertz CT molecular complexity index is 439. The van der Waals surface area contributed by atoms with Crippen LogP contribution in [0.15, 0.2) is 29.8 Å². The highest BCUT2D eigenvalue weighted by Gasteiger charge is 2.12. The summed E-state index contributed by atoms with van der Waals surface area (Å²) in [5.41, 5.74) is 8.08. The fourth-order valence-electron chi connectivity index (χ4n) is 2.49. The molecule has 0 amide bonds. The summed E-state index contributed by atoms with van der Waals surface area (Å²) in [5, 5.41) is 3.79. The zero-order valence-electron chi connectivity index (χ0n) is 11.0. The minimum atomic E-state index is -0.318. The summed E-state index contributed by atoms with van der Waals surface area (Å²) < 4.78 is 13.3. The van der Waals surface area contributed by atoms with E-state index in [1.807, 2.05) is 0 Å². The second-order valence-electron chi connectivity index (χ2n) is 4.95. The molecule has 0 spiro atoms. The lowest BCUT2D eigenvalue weighted by Gasteiger charge is -2.18. The van der Waals surface area contributed by atoms with Gasteiger partial charge in [-0.1, -0.05) is 23.3 Å². The molecule has 0 bridgehead atoms. The molecule has 0 saturated heterocycles. The van der Waals surface area contributed by atoms with Crippen molar-refractivity contribution in [3.8, 4) is 0 Å². The Balaban J connectivity index is 1.91. The second kappa shape index (κ2) is 7.04. The average Bonchev–Trinajstić information content (AvgIpc) is 2.86. The number of rotatable bonds is 6. The molecule has 0 heterocycles. The molecule has 4 heteroatoms. The van der Waals surface area contributed by atoms with Crippen LogP contribution < -0.4 is 11.1 Å². The lowest BCUT2D eigenvalue weighted by molar-refractivity contribution is 0.536. The molecule has 1 unspecified atom stereocenters. The first-order valence-electron chi connectivity index (χ1n) is 6.76. The highest BCUT2D eigenvalue weighted by molar-refractivity contribution is 6.30. The van der Waals surface area contributed by atoms with Crippen LogP contribution in [0.3, 0.4) is 0 Å². The summed E-state index contributed by atoms with van der Waals surface area (Å²) in [6.45, 7) is 1.29. The zero-order valence-corrected chi connectivity index (χ0v) is 11.7. The van der Waals surface area contributed by atoms with Gasteiger partial charge in [0.05, 0.1) is 0 Å². The van der Waals surface area contributed by atoms with Gasteiger partial charge in [-0.25, -0.2) is 4.39 Å². The molecule has 0 aromatic heterocycles. The predicted molar refractivity (Wildman–Crippen MR) is 77.8 cm³/mol. The smallest absolute Gasteiger partial charge is 0.125 e. The van der Waals surface area contributed by atoms with Crippen LogP contribution in [0, 0.1) is 5.82 Å². The number of benzene rings is 1. The summed E-state index contributed by atoms with van der Waals surface area (Å²) in [4.78, 5) is 0. The van der Waals surface area contributed by atoms with Crippen LogP contribution in [0.4, 0.5) is 4.39 Å². The summed E-state index contributed by atoms with van der Waals surface area (Å²) >= 11 is 5.87. The highest BCUT2D eigenvalue weighted by atomic mass is 35.5. The van der Waals surface area contributed by atoms with Gasteiger partial charge in [0.1, 0.15) is 5.82 Å². The van der Waals surface area contributed by atoms with Crippen LogP contribution in [0.5, 0.6) is 0 Å². The Kier molecular flexibility index (Phi) is 5.37. The molecule has 1 aromatic rings. The first-order valence-corrected chi connectivity index (χ1v) is 7.14. The standard InChI is InChI=1S/C15H20ClFN2/c16-13-7-12(8-14(17)9-13)15(10-18)19-6-5-11-3-1-2-4-11/h3,7-9,15,19H,1-2,4-6,10,18H2. The molecule has 2 nitrogen and oxygen atoms in total. The molecule has 19 heavy (non-hydrogen) atoms. The third-order valence-electron chi connectivity index (χ3n) is 3.49. The van der Waals surface area contributed by atoms with Crippen LogP contribution in [0.1, 0.15) is 37.3 Å². The molecule has 0 radical (unpaired) electrons. The van der Waals surface area contributed by atoms with E-state index in [0.717, 1.165) is 18.5 Å². The van der Waals surface area contributed by atoms with E-state index in [1.165, 1.54) is 37.0 Å². The van der Waals surface area contributed by atoms with Crippen LogP contribution in [-0.2, 0) is 0 Å². The molecular weight excluding hydrogens is 263 g/mol. The maximum Gasteiger partial charge on any atom is 0.125 e. The lowest BCUT2D eigenvalue weighted by atomic mass is 10.1. The average molecular weight is 283 g/mol. The van der Waals surface area contributed by atoms with Crippen molar-refractivity contribution < 1.29 is 4.39 Å². The molecule has 1 aliphatic rings. The van der Waals surface area contributed by atoms with E-state index >= 15 is 0 Å². The van der Waals surface area contributed by atoms with E-state index in [-0.39, 0.29) is 11.9 Å². The third kappa shape index (κ3) is 4.30. The Labute approximate surface area is 118 Å². The van der Waals surface area contributed by atoms with Gasteiger partial charge in [0.15, 0.2) is 0 Å². The van der Waals surface area contributed by atoms with Gasteiger partial charge in [-0.3, -0.25) is 0 Å². The van der Waals surface area contributed by atoms with E-state index < -0.39 is 0 Å². The second-order valence-corrected chi connectivity index (χ2v) is 5.39. The summed E-state index contributed by atoms with van der Waals surface area (Å²) in [5.74, 6) is -0.318. The Hall–Kier alpha value is -0.900. The van der Waals surface area contributed by atoms with E-state index in [4.69, 9.17) is 17.3 Å². The fourth-order valence-corrected chi connectivity index (χ4v) is 2.72. The minimum Gasteiger partial charge on any atom is -0.329 e. The largest absolute Gasteiger partial charge is 0.329 e. The van der Waals surface area contributed by atoms with Crippen LogP contribution in [0.25, 0.3) is 0 Å². The van der Waals surface area contributed by atoms with Crippen LogP contribution >= 0.6 is 11.6 Å². The molecule has 104 valence electrons. The van der Waals surface area contributed by atoms with E-state index in [2.05, 4.69) is 11.4 Å². The summed E-state index contributed by atoms with van der Waals surface area (Å²) in [7, 11) is 0. The van der Waals surface area contributed by atoms with Crippen molar-refractivity contribution in [2.45, 2.75) is 31.7 Å². The molecular formula is C15H20ClFN2. The molecule has 0 saturated carbocycles. The van der Waals surface area contributed by atoms with Crippen molar-refractivity contribution in [1.29, 1.82) is 0 Å². The maximum absolute atomic E-state index is 13.3. The summed E-state index contributed by atoms with van der Waals surface area (Å²) in [6.07, 6.45) is 7.04. The molecule has 0 aliphatic heterocycles. The normalized spacial score (nSPS) is 16.5. The van der Waals surface area contributed by atoms with Crippen molar-refractivity contribution in [2.24, 2.45) is 5.73 Å². The maximum atomic E-state index is 13.3. The van der Waals surface area contributed by atoms with Crippen LogP contribution in [-0.4, -0.2) is 13.1 Å². The highest BCUT2D eigenvalue weighted by Crippen LogP contribution is 2.22. The molecule has 0 fully saturated rings. The topological polar surface area (TPSA) is 38.0 Å². The SMILES string of the molecule is NCC(NCCC1=CCCC1)c1cc(F)cc(Cl)c1. The van der Waals surface area contributed by atoms with E-state index in [1.54, 1.807) is 6.07 Å². The first-order chi connectivity index (χ1) is 9.19. The number of hydrogen-bond acceptors (Lipinski definition) is 2.